The number of hydrogen-bond donors (Lipinski definition) is 0. The topological polar surface area (TPSA) is 0 Å². The largest absolute Gasteiger partial charge is 0.122 e. The highest BCUT2D eigenvalue weighted by atomic mass is 35.5. The van der Waals surface area contributed by atoms with Crippen molar-refractivity contribution in [1.29, 1.82) is 0 Å². The molecule has 0 N–H and O–H groups in total. The second-order valence-corrected chi connectivity index (χ2v) is 6.54. The maximum absolute atomic E-state index is 6.37. The Morgan fingerprint density at radius 3 is 2.43 bits per heavy atom. The van der Waals surface area contributed by atoms with Gasteiger partial charge in [0.2, 0.25) is 0 Å². The highest BCUT2D eigenvalue weighted by molar-refractivity contribution is 6.31. The summed E-state index contributed by atoms with van der Waals surface area (Å²) in [4.78, 5) is 0. The van der Waals surface area contributed by atoms with E-state index in [1.165, 1.54) is 39.0 Å². The van der Waals surface area contributed by atoms with Crippen molar-refractivity contribution in [1.82, 2.24) is 0 Å². The number of rotatable bonds is 1. The molecule has 0 spiro atoms. The van der Waals surface area contributed by atoms with E-state index in [2.05, 4.69) is 30.3 Å². The number of fused-ring (bicyclic) bond motifs is 5. The molecule has 0 amide bonds. The first-order valence-electron chi connectivity index (χ1n) is 7.46. The summed E-state index contributed by atoms with van der Waals surface area (Å²) in [5.74, 6) is 0.648. The third-order valence-corrected chi connectivity index (χ3v) is 5.43. The van der Waals surface area contributed by atoms with Gasteiger partial charge in [0.1, 0.15) is 0 Å². The number of halogens is 2. The second-order valence-electron chi connectivity index (χ2n) is 5.86. The summed E-state index contributed by atoms with van der Waals surface area (Å²) in [5, 5.41) is 0.903. The van der Waals surface area contributed by atoms with Gasteiger partial charge in [0.15, 0.2) is 0 Å². The predicted octanol–water partition coefficient (Wildman–Crippen LogP) is 5.67. The fourth-order valence-corrected chi connectivity index (χ4v) is 4.16. The van der Waals surface area contributed by atoms with Crippen LogP contribution >= 0.6 is 23.2 Å². The molecule has 0 aliphatic heterocycles. The van der Waals surface area contributed by atoms with Gasteiger partial charge in [-0.05, 0) is 65.1 Å². The maximum atomic E-state index is 6.37. The molecule has 0 heterocycles. The Bertz CT molecular complexity index is 756. The lowest BCUT2D eigenvalue weighted by Gasteiger charge is -2.26. The van der Waals surface area contributed by atoms with Crippen molar-refractivity contribution in [2.24, 2.45) is 0 Å². The van der Waals surface area contributed by atoms with Gasteiger partial charge in [-0.25, -0.2) is 0 Å². The maximum Gasteiger partial charge on any atom is 0.0444 e. The van der Waals surface area contributed by atoms with Gasteiger partial charge in [-0.2, -0.15) is 0 Å². The minimum Gasteiger partial charge on any atom is -0.122 e. The van der Waals surface area contributed by atoms with Crippen molar-refractivity contribution in [3.05, 3.63) is 63.2 Å². The summed E-state index contributed by atoms with van der Waals surface area (Å²) in [5.41, 5.74) is 9.75. The molecule has 2 heteroatoms. The number of hydrogen-bond acceptors (Lipinski definition) is 0. The highest BCUT2D eigenvalue weighted by Crippen LogP contribution is 2.41. The van der Waals surface area contributed by atoms with Crippen LogP contribution in [0.2, 0.25) is 5.02 Å². The molecule has 0 atom stereocenters. The van der Waals surface area contributed by atoms with Crippen molar-refractivity contribution in [2.75, 3.05) is 5.88 Å². The molecule has 0 nitrogen and oxygen atoms in total. The highest BCUT2D eigenvalue weighted by Gasteiger charge is 2.23. The summed E-state index contributed by atoms with van der Waals surface area (Å²) < 4.78 is 0. The van der Waals surface area contributed by atoms with E-state index < -0.39 is 0 Å². The van der Waals surface area contributed by atoms with Gasteiger partial charge in [-0.15, -0.1) is 11.6 Å². The number of benzene rings is 2. The van der Waals surface area contributed by atoms with Crippen LogP contribution in [-0.2, 0) is 19.3 Å². The van der Waals surface area contributed by atoms with E-state index in [-0.39, 0.29) is 0 Å². The lowest BCUT2D eigenvalue weighted by molar-refractivity contribution is 0.868. The standard InChI is InChI=1S/C19H16Cl2/c20-11-12-4-6-14-13(10-12)5-7-17-15-2-1-3-19(21)18(15)9-8-16(14)17/h1-3,5,7,10H,4,6,8-9,11H2. The third-order valence-electron chi connectivity index (χ3n) is 4.73. The molecule has 0 saturated carbocycles. The SMILES string of the molecule is ClCC1=Cc2ccc3c(c2CC1)CCc1c(Cl)cccc1-3. The Balaban J connectivity index is 1.91. The molecule has 0 bridgehead atoms. The van der Waals surface area contributed by atoms with Gasteiger partial charge in [0.25, 0.3) is 0 Å². The van der Waals surface area contributed by atoms with Crippen LogP contribution < -0.4 is 0 Å². The van der Waals surface area contributed by atoms with E-state index in [4.69, 9.17) is 23.2 Å². The quantitative estimate of drug-likeness (QED) is 0.594. The number of alkyl halides is 1. The van der Waals surface area contributed by atoms with E-state index in [1.54, 1.807) is 0 Å². The third kappa shape index (κ3) is 2.13. The van der Waals surface area contributed by atoms with Gasteiger partial charge in [0, 0.05) is 10.9 Å². The normalized spacial score (nSPS) is 15.8. The lowest BCUT2D eigenvalue weighted by Crippen LogP contribution is -2.11. The Kier molecular flexibility index (Phi) is 3.32. The summed E-state index contributed by atoms with van der Waals surface area (Å²) in [6.07, 6.45) is 6.63. The minimum absolute atomic E-state index is 0.648. The average Bonchev–Trinajstić information content (AvgIpc) is 2.54. The van der Waals surface area contributed by atoms with Gasteiger partial charge in [-0.3, -0.25) is 0 Å². The Morgan fingerprint density at radius 1 is 0.810 bits per heavy atom. The summed E-state index contributed by atoms with van der Waals surface area (Å²) >= 11 is 12.4. The van der Waals surface area contributed by atoms with Gasteiger partial charge < -0.3 is 0 Å². The Hall–Kier alpha value is -1.24. The molecule has 4 rings (SSSR count). The molecule has 0 fully saturated rings. The molecule has 2 aliphatic carbocycles. The van der Waals surface area contributed by atoms with Crippen LogP contribution in [0.1, 0.15) is 28.7 Å². The first-order valence-corrected chi connectivity index (χ1v) is 8.37. The monoisotopic (exact) mass is 314 g/mol. The van der Waals surface area contributed by atoms with Crippen molar-refractivity contribution in [2.45, 2.75) is 25.7 Å². The minimum atomic E-state index is 0.648. The molecular formula is C19H16Cl2. The van der Waals surface area contributed by atoms with Crippen molar-refractivity contribution >= 4 is 29.3 Å². The van der Waals surface area contributed by atoms with Crippen LogP contribution in [0, 0.1) is 0 Å². The smallest absolute Gasteiger partial charge is 0.0444 e. The molecule has 0 radical (unpaired) electrons. The molecule has 2 aromatic carbocycles. The van der Waals surface area contributed by atoms with Crippen molar-refractivity contribution in [3.63, 3.8) is 0 Å². The predicted molar refractivity (Wildman–Crippen MR) is 91.3 cm³/mol. The molecule has 0 aromatic heterocycles. The van der Waals surface area contributed by atoms with Crippen molar-refractivity contribution in [3.8, 4) is 11.1 Å². The van der Waals surface area contributed by atoms with E-state index in [9.17, 15) is 0 Å². The summed E-state index contributed by atoms with van der Waals surface area (Å²) in [7, 11) is 0. The molecular weight excluding hydrogens is 299 g/mol. The van der Waals surface area contributed by atoms with Gasteiger partial charge in [0.05, 0.1) is 0 Å². The van der Waals surface area contributed by atoms with E-state index in [1.807, 2.05) is 6.07 Å². The van der Waals surface area contributed by atoms with Crippen LogP contribution in [0.3, 0.4) is 0 Å². The summed E-state index contributed by atoms with van der Waals surface area (Å²) in [6.45, 7) is 0. The summed E-state index contributed by atoms with van der Waals surface area (Å²) in [6, 6.07) is 10.8. The van der Waals surface area contributed by atoms with Crippen molar-refractivity contribution < 1.29 is 0 Å². The first kappa shape index (κ1) is 13.4. The molecule has 21 heavy (non-hydrogen) atoms. The van der Waals surface area contributed by atoms with E-state index in [0.717, 1.165) is 30.7 Å². The first-order chi connectivity index (χ1) is 10.3. The zero-order valence-corrected chi connectivity index (χ0v) is 13.3. The molecule has 2 aliphatic rings. The zero-order chi connectivity index (χ0) is 14.4. The van der Waals surface area contributed by atoms with E-state index >= 15 is 0 Å². The van der Waals surface area contributed by atoms with Gasteiger partial charge >= 0.3 is 0 Å². The number of allylic oxidation sites excluding steroid dienone is 1. The Morgan fingerprint density at radius 2 is 1.57 bits per heavy atom. The average molecular weight is 315 g/mol. The Labute approximate surface area is 135 Å². The lowest BCUT2D eigenvalue weighted by atomic mass is 9.79. The zero-order valence-electron chi connectivity index (χ0n) is 11.8. The molecule has 106 valence electrons. The van der Waals surface area contributed by atoms with Gasteiger partial charge in [-0.1, -0.05) is 47.5 Å². The molecule has 0 unspecified atom stereocenters. The fraction of sp³-hybridized carbons (Fsp3) is 0.263. The molecule has 2 aromatic rings. The van der Waals surface area contributed by atoms with Crippen LogP contribution in [0.5, 0.6) is 0 Å². The fourth-order valence-electron chi connectivity index (χ4n) is 3.68. The second kappa shape index (κ2) is 5.19. The molecule has 0 saturated heterocycles. The van der Waals surface area contributed by atoms with Crippen LogP contribution in [0.15, 0.2) is 35.9 Å². The van der Waals surface area contributed by atoms with Crippen LogP contribution in [0.4, 0.5) is 0 Å². The van der Waals surface area contributed by atoms with E-state index in [0.29, 0.717) is 5.88 Å². The van der Waals surface area contributed by atoms with Crippen LogP contribution in [-0.4, -0.2) is 5.88 Å². The van der Waals surface area contributed by atoms with Crippen LogP contribution in [0.25, 0.3) is 17.2 Å².